The van der Waals surface area contributed by atoms with Crippen molar-refractivity contribution in [3.63, 3.8) is 0 Å². The highest BCUT2D eigenvalue weighted by Gasteiger charge is 2.36. The Hall–Kier alpha value is -2.39. The van der Waals surface area contributed by atoms with Crippen molar-refractivity contribution in [1.82, 2.24) is 10.0 Å². The quantitative estimate of drug-likeness (QED) is 0.551. The minimum absolute atomic E-state index is 0.0443. The standard InChI is InChI=1S/C18H22N2O6S/c1-12-8-18(22)26-16-9-14(4-5-15(12)16)25-10-17(21)20(19(2)3)13-6-7-27(23,24)11-13/h4-5,8-9,13H,6-7,10-11H2,1-3H3. The number of rotatable bonds is 5. The van der Waals surface area contributed by atoms with Gasteiger partial charge < -0.3 is 9.15 Å². The molecule has 0 saturated carbocycles. The maximum absolute atomic E-state index is 12.6. The number of carbonyl (C=O) groups excluding carboxylic acids is 1. The zero-order valence-electron chi connectivity index (χ0n) is 15.5. The molecule has 1 aromatic carbocycles. The Morgan fingerprint density at radius 3 is 2.67 bits per heavy atom. The van der Waals surface area contributed by atoms with Gasteiger partial charge in [-0.25, -0.2) is 18.2 Å². The van der Waals surface area contributed by atoms with Crippen LogP contribution in [0, 0.1) is 6.92 Å². The Kier molecular flexibility index (Phi) is 5.25. The molecule has 1 aromatic heterocycles. The van der Waals surface area contributed by atoms with Crippen LogP contribution in [-0.2, 0) is 14.6 Å². The van der Waals surface area contributed by atoms with Gasteiger partial charge in [-0.05, 0) is 31.0 Å². The van der Waals surface area contributed by atoms with Gasteiger partial charge in [-0.1, -0.05) is 0 Å². The van der Waals surface area contributed by atoms with Gasteiger partial charge in [0.1, 0.15) is 11.3 Å². The summed E-state index contributed by atoms with van der Waals surface area (Å²) in [6, 6.07) is 6.05. The summed E-state index contributed by atoms with van der Waals surface area (Å²) in [4.78, 5) is 24.1. The van der Waals surface area contributed by atoms with Gasteiger partial charge in [0.05, 0.1) is 17.5 Å². The first-order chi connectivity index (χ1) is 12.7. The molecule has 3 rings (SSSR count). The third-order valence-electron chi connectivity index (χ3n) is 4.53. The SMILES string of the molecule is Cc1cc(=O)oc2cc(OCC(=O)N(C3CCS(=O)(=O)C3)N(C)C)ccc12. The number of sulfone groups is 1. The van der Waals surface area contributed by atoms with Gasteiger partial charge in [-0.2, -0.15) is 0 Å². The fraction of sp³-hybridized carbons (Fsp3) is 0.444. The van der Waals surface area contributed by atoms with E-state index in [1.54, 1.807) is 37.3 Å². The zero-order chi connectivity index (χ0) is 19.8. The van der Waals surface area contributed by atoms with Gasteiger partial charge >= 0.3 is 5.63 Å². The Labute approximate surface area is 157 Å². The molecule has 0 N–H and O–H groups in total. The molecule has 1 atom stereocenters. The second kappa shape index (κ2) is 7.32. The van der Waals surface area contributed by atoms with Crippen LogP contribution in [-0.4, -0.2) is 62.6 Å². The van der Waals surface area contributed by atoms with Crippen LogP contribution >= 0.6 is 0 Å². The molecule has 0 radical (unpaired) electrons. The number of aryl methyl sites for hydroxylation is 1. The lowest BCUT2D eigenvalue weighted by Crippen LogP contribution is -2.51. The average molecular weight is 394 g/mol. The van der Waals surface area contributed by atoms with Crippen LogP contribution in [0.15, 0.2) is 33.5 Å². The summed E-state index contributed by atoms with van der Waals surface area (Å²) in [6.45, 7) is 1.56. The molecule has 1 aliphatic heterocycles. The topological polar surface area (TPSA) is 97.1 Å². The number of carbonyl (C=O) groups is 1. The lowest BCUT2D eigenvalue weighted by Gasteiger charge is -2.33. The van der Waals surface area contributed by atoms with Crippen LogP contribution in [0.1, 0.15) is 12.0 Å². The van der Waals surface area contributed by atoms with E-state index in [4.69, 9.17) is 9.15 Å². The monoisotopic (exact) mass is 394 g/mol. The van der Waals surface area contributed by atoms with E-state index in [1.807, 2.05) is 6.92 Å². The number of hydrazine groups is 1. The highest BCUT2D eigenvalue weighted by molar-refractivity contribution is 7.91. The van der Waals surface area contributed by atoms with Crippen LogP contribution in [0.2, 0.25) is 0 Å². The zero-order valence-corrected chi connectivity index (χ0v) is 16.3. The Balaban J connectivity index is 1.74. The van der Waals surface area contributed by atoms with E-state index in [2.05, 4.69) is 0 Å². The molecule has 1 saturated heterocycles. The number of nitrogens with zero attached hydrogens (tertiary/aromatic N) is 2. The Bertz CT molecular complexity index is 1030. The van der Waals surface area contributed by atoms with E-state index in [-0.39, 0.29) is 24.0 Å². The molecule has 1 fully saturated rings. The van der Waals surface area contributed by atoms with Gasteiger partial charge in [0.2, 0.25) is 0 Å². The third kappa shape index (κ3) is 4.30. The van der Waals surface area contributed by atoms with E-state index in [1.165, 1.54) is 11.1 Å². The average Bonchev–Trinajstić information content (AvgIpc) is 2.91. The fourth-order valence-corrected chi connectivity index (χ4v) is 5.02. The largest absolute Gasteiger partial charge is 0.484 e. The summed E-state index contributed by atoms with van der Waals surface area (Å²) in [5, 5.41) is 3.80. The van der Waals surface area contributed by atoms with E-state index in [0.717, 1.165) is 10.9 Å². The Morgan fingerprint density at radius 2 is 2.04 bits per heavy atom. The van der Waals surface area contributed by atoms with Crippen molar-refractivity contribution in [2.24, 2.45) is 0 Å². The second-order valence-corrected chi connectivity index (χ2v) is 9.07. The summed E-state index contributed by atoms with van der Waals surface area (Å²) in [6.07, 6.45) is 0.409. The molecule has 0 spiro atoms. The first-order valence-electron chi connectivity index (χ1n) is 8.53. The molecule has 8 nitrogen and oxygen atoms in total. The maximum Gasteiger partial charge on any atom is 0.336 e. The van der Waals surface area contributed by atoms with E-state index in [0.29, 0.717) is 17.8 Å². The first kappa shape index (κ1) is 19.4. The van der Waals surface area contributed by atoms with Crippen molar-refractivity contribution >= 4 is 26.7 Å². The van der Waals surface area contributed by atoms with Gasteiger partial charge in [-0.15, -0.1) is 0 Å². The van der Waals surface area contributed by atoms with Crippen LogP contribution in [0.5, 0.6) is 5.75 Å². The lowest BCUT2D eigenvalue weighted by molar-refractivity contribution is -0.151. The van der Waals surface area contributed by atoms with Crippen LogP contribution in [0.25, 0.3) is 11.0 Å². The van der Waals surface area contributed by atoms with Gasteiger partial charge in [-0.3, -0.25) is 9.80 Å². The summed E-state index contributed by atoms with van der Waals surface area (Å²) < 4.78 is 34.2. The summed E-state index contributed by atoms with van der Waals surface area (Å²) in [7, 11) is 0.271. The molecule has 0 bridgehead atoms. The first-order valence-corrected chi connectivity index (χ1v) is 10.4. The molecule has 0 aliphatic carbocycles. The normalized spacial score (nSPS) is 18.7. The van der Waals surface area contributed by atoms with Crippen molar-refractivity contribution < 1.29 is 22.4 Å². The van der Waals surface area contributed by atoms with Crippen molar-refractivity contribution in [1.29, 1.82) is 0 Å². The number of hydrogen-bond acceptors (Lipinski definition) is 7. The third-order valence-corrected chi connectivity index (χ3v) is 6.28. The van der Waals surface area contributed by atoms with E-state index in [9.17, 15) is 18.0 Å². The predicted octanol–water partition coefficient (Wildman–Crippen LogP) is 0.973. The van der Waals surface area contributed by atoms with Crippen LogP contribution in [0.4, 0.5) is 0 Å². The van der Waals surface area contributed by atoms with Crippen molar-refractivity contribution in [2.45, 2.75) is 19.4 Å². The van der Waals surface area contributed by atoms with E-state index < -0.39 is 21.5 Å². The maximum atomic E-state index is 12.6. The fourth-order valence-electron chi connectivity index (χ4n) is 3.33. The van der Waals surface area contributed by atoms with Crippen molar-refractivity contribution in [3.8, 4) is 5.75 Å². The van der Waals surface area contributed by atoms with Crippen LogP contribution < -0.4 is 10.4 Å². The van der Waals surface area contributed by atoms with Gasteiger partial charge in [0.25, 0.3) is 5.91 Å². The van der Waals surface area contributed by atoms with Gasteiger partial charge in [0.15, 0.2) is 16.4 Å². The number of ether oxygens (including phenoxy) is 1. The lowest BCUT2D eigenvalue weighted by atomic mass is 10.1. The minimum atomic E-state index is -3.11. The predicted molar refractivity (Wildman–Crippen MR) is 100 cm³/mol. The molecule has 146 valence electrons. The number of amides is 1. The highest BCUT2D eigenvalue weighted by Crippen LogP contribution is 2.23. The molecule has 1 aliphatic rings. The van der Waals surface area contributed by atoms with Crippen LogP contribution in [0.3, 0.4) is 0 Å². The number of hydrogen-bond donors (Lipinski definition) is 0. The molecule has 1 unspecified atom stereocenters. The molecule has 1 amide bonds. The molecule has 27 heavy (non-hydrogen) atoms. The molecule has 2 aromatic rings. The van der Waals surface area contributed by atoms with Gasteiger partial charge in [0, 0.05) is 31.6 Å². The minimum Gasteiger partial charge on any atom is -0.484 e. The molecule has 2 heterocycles. The van der Waals surface area contributed by atoms with Crippen molar-refractivity contribution in [3.05, 3.63) is 40.2 Å². The Morgan fingerprint density at radius 1 is 1.30 bits per heavy atom. The summed E-state index contributed by atoms with van der Waals surface area (Å²) in [5.74, 6) is 0.0894. The smallest absolute Gasteiger partial charge is 0.336 e. The number of fused-ring (bicyclic) bond motifs is 1. The summed E-state index contributed by atoms with van der Waals surface area (Å²) in [5.41, 5.74) is 0.732. The summed E-state index contributed by atoms with van der Waals surface area (Å²) >= 11 is 0. The molecular weight excluding hydrogens is 372 g/mol. The highest BCUT2D eigenvalue weighted by atomic mass is 32.2. The molecular formula is C18H22N2O6S. The van der Waals surface area contributed by atoms with E-state index >= 15 is 0 Å². The number of benzene rings is 1. The second-order valence-electron chi connectivity index (χ2n) is 6.84. The molecule has 9 heteroatoms. The van der Waals surface area contributed by atoms with Crippen molar-refractivity contribution in [2.75, 3.05) is 32.2 Å².